The summed E-state index contributed by atoms with van der Waals surface area (Å²) < 4.78 is 0. The molecule has 0 bridgehead atoms. The summed E-state index contributed by atoms with van der Waals surface area (Å²) in [6.07, 6.45) is 4.48. The molecule has 43 heavy (non-hydrogen) atoms. The minimum Gasteiger partial charge on any atom is -0.385 e. The third kappa shape index (κ3) is 7.55. The fourth-order valence-electron chi connectivity index (χ4n) is 5.72. The van der Waals surface area contributed by atoms with Crippen LogP contribution in [0.25, 0.3) is 22.3 Å². The summed E-state index contributed by atoms with van der Waals surface area (Å²) in [7, 11) is 0. The molecule has 3 N–H and O–H groups in total. The first-order valence-electron chi connectivity index (χ1n) is 15.7. The Hall–Kier alpha value is -4.34. The van der Waals surface area contributed by atoms with Crippen LogP contribution in [0.4, 0.5) is 22.7 Å². The van der Waals surface area contributed by atoms with E-state index >= 15 is 0 Å². The standard InChI is InChI=1S/C40H45N3/c1-5-7-25-42-36-19-13-32(14-20-36)34-17-23-38(24-18-34)43(39-27-29(3)26-30(4)28-39)37-21-15-33(16-22-37)31-9-11-35(12-10-31)40(41)8-6-2/h9-24,26-28,40,42H,5-8,25,41H2,1-4H3. The quantitative estimate of drug-likeness (QED) is 0.147. The summed E-state index contributed by atoms with van der Waals surface area (Å²) in [5.41, 5.74) is 19.5. The third-order valence-electron chi connectivity index (χ3n) is 8.07. The molecule has 0 aliphatic rings. The van der Waals surface area contributed by atoms with Crippen molar-refractivity contribution in [3.05, 3.63) is 132 Å². The van der Waals surface area contributed by atoms with Gasteiger partial charge in [0.1, 0.15) is 0 Å². The molecule has 0 heterocycles. The van der Waals surface area contributed by atoms with Gasteiger partial charge in [-0.3, -0.25) is 0 Å². The molecule has 5 rings (SSSR count). The van der Waals surface area contributed by atoms with E-state index in [0.29, 0.717) is 0 Å². The first-order chi connectivity index (χ1) is 20.9. The highest BCUT2D eigenvalue weighted by Gasteiger charge is 2.14. The van der Waals surface area contributed by atoms with Crippen molar-refractivity contribution >= 4 is 22.7 Å². The summed E-state index contributed by atoms with van der Waals surface area (Å²) in [5, 5.41) is 3.51. The van der Waals surface area contributed by atoms with Crippen molar-refractivity contribution in [3.63, 3.8) is 0 Å². The van der Waals surface area contributed by atoms with Gasteiger partial charge < -0.3 is 16.0 Å². The van der Waals surface area contributed by atoms with Gasteiger partial charge in [0, 0.05) is 35.3 Å². The molecule has 5 aromatic rings. The van der Waals surface area contributed by atoms with Gasteiger partial charge in [0.2, 0.25) is 0 Å². The maximum absolute atomic E-state index is 6.34. The predicted octanol–water partition coefficient (Wildman–Crippen LogP) is 11.1. The van der Waals surface area contributed by atoms with Crippen molar-refractivity contribution in [2.75, 3.05) is 16.8 Å². The Kier molecular flexibility index (Phi) is 9.96. The SMILES string of the molecule is CCCCNc1ccc(-c2ccc(N(c3ccc(-c4ccc(C(N)CCC)cc4)cc3)c3cc(C)cc(C)c3)cc2)cc1. The van der Waals surface area contributed by atoms with Crippen LogP contribution in [0.2, 0.25) is 0 Å². The van der Waals surface area contributed by atoms with Crippen LogP contribution in [-0.4, -0.2) is 6.54 Å². The molecule has 0 fully saturated rings. The fourth-order valence-corrected chi connectivity index (χ4v) is 5.72. The Labute approximate surface area is 258 Å². The van der Waals surface area contributed by atoms with E-state index in [1.807, 2.05) is 0 Å². The summed E-state index contributed by atoms with van der Waals surface area (Å²) in [5.74, 6) is 0. The number of nitrogens with zero attached hydrogens (tertiary/aromatic N) is 1. The number of anilines is 4. The molecule has 3 nitrogen and oxygen atoms in total. The number of nitrogens with two attached hydrogens (primary N) is 1. The predicted molar refractivity (Wildman–Crippen MR) is 187 cm³/mol. The van der Waals surface area contributed by atoms with E-state index in [1.165, 1.54) is 57.5 Å². The molecule has 0 aromatic heterocycles. The molecule has 0 amide bonds. The van der Waals surface area contributed by atoms with Crippen LogP contribution in [0.15, 0.2) is 115 Å². The molecular weight excluding hydrogens is 522 g/mol. The topological polar surface area (TPSA) is 41.3 Å². The highest BCUT2D eigenvalue weighted by Crippen LogP contribution is 2.37. The highest BCUT2D eigenvalue weighted by molar-refractivity contribution is 5.80. The molecular formula is C40H45N3. The highest BCUT2D eigenvalue weighted by atomic mass is 15.1. The maximum Gasteiger partial charge on any atom is 0.0466 e. The molecule has 0 aliphatic heterocycles. The van der Waals surface area contributed by atoms with Crippen LogP contribution in [0.5, 0.6) is 0 Å². The smallest absolute Gasteiger partial charge is 0.0466 e. The first-order valence-corrected chi connectivity index (χ1v) is 15.7. The number of nitrogens with one attached hydrogen (secondary N) is 1. The monoisotopic (exact) mass is 567 g/mol. The Morgan fingerprint density at radius 2 is 1.05 bits per heavy atom. The van der Waals surface area contributed by atoms with Crippen molar-refractivity contribution in [1.82, 2.24) is 0 Å². The van der Waals surface area contributed by atoms with Gasteiger partial charge in [-0.1, -0.05) is 93.4 Å². The average Bonchev–Trinajstić information content (AvgIpc) is 3.02. The molecule has 5 aromatic carbocycles. The number of aryl methyl sites for hydroxylation is 2. The molecule has 0 radical (unpaired) electrons. The maximum atomic E-state index is 6.34. The van der Waals surface area contributed by atoms with Gasteiger partial charge in [-0.05, 0) is 114 Å². The normalized spacial score (nSPS) is 11.7. The van der Waals surface area contributed by atoms with Gasteiger partial charge in [0.25, 0.3) is 0 Å². The number of unbranched alkanes of at least 4 members (excludes halogenated alkanes) is 1. The van der Waals surface area contributed by atoms with Gasteiger partial charge in [0.15, 0.2) is 0 Å². The first kappa shape index (κ1) is 30.1. The van der Waals surface area contributed by atoms with Crippen LogP contribution in [-0.2, 0) is 0 Å². The molecule has 1 atom stereocenters. The van der Waals surface area contributed by atoms with Crippen molar-refractivity contribution in [1.29, 1.82) is 0 Å². The lowest BCUT2D eigenvalue weighted by molar-refractivity contribution is 0.638. The van der Waals surface area contributed by atoms with E-state index in [4.69, 9.17) is 5.73 Å². The number of rotatable bonds is 12. The second-order valence-electron chi connectivity index (χ2n) is 11.6. The third-order valence-corrected chi connectivity index (χ3v) is 8.07. The Balaban J connectivity index is 1.42. The van der Waals surface area contributed by atoms with E-state index in [9.17, 15) is 0 Å². The van der Waals surface area contributed by atoms with E-state index < -0.39 is 0 Å². The van der Waals surface area contributed by atoms with E-state index in [0.717, 1.165) is 36.4 Å². The Morgan fingerprint density at radius 1 is 0.581 bits per heavy atom. The molecule has 0 spiro atoms. The summed E-state index contributed by atoms with van der Waals surface area (Å²) >= 11 is 0. The van der Waals surface area contributed by atoms with Crippen LogP contribution in [0.1, 0.15) is 62.3 Å². The van der Waals surface area contributed by atoms with Crippen molar-refractivity contribution in [2.45, 2.75) is 59.4 Å². The number of hydrogen-bond donors (Lipinski definition) is 2. The molecule has 0 saturated carbocycles. The van der Waals surface area contributed by atoms with E-state index in [2.05, 4.69) is 153 Å². The van der Waals surface area contributed by atoms with Gasteiger partial charge in [0.05, 0.1) is 0 Å². The lowest BCUT2D eigenvalue weighted by atomic mass is 9.98. The lowest BCUT2D eigenvalue weighted by Gasteiger charge is -2.27. The summed E-state index contributed by atoms with van der Waals surface area (Å²) in [6, 6.07) is 42.1. The molecule has 220 valence electrons. The van der Waals surface area contributed by atoms with Crippen molar-refractivity contribution < 1.29 is 0 Å². The van der Waals surface area contributed by atoms with Gasteiger partial charge in [-0.25, -0.2) is 0 Å². The zero-order valence-electron chi connectivity index (χ0n) is 26.1. The summed E-state index contributed by atoms with van der Waals surface area (Å²) in [4.78, 5) is 2.35. The minimum atomic E-state index is 0.103. The van der Waals surface area contributed by atoms with Gasteiger partial charge in [-0.2, -0.15) is 0 Å². The van der Waals surface area contributed by atoms with E-state index in [-0.39, 0.29) is 6.04 Å². The minimum absolute atomic E-state index is 0.103. The average molecular weight is 568 g/mol. The van der Waals surface area contributed by atoms with Gasteiger partial charge in [-0.15, -0.1) is 0 Å². The molecule has 0 aliphatic carbocycles. The van der Waals surface area contributed by atoms with Gasteiger partial charge >= 0.3 is 0 Å². The van der Waals surface area contributed by atoms with Crippen molar-refractivity contribution in [3.8, 4) is 22.3 Å². The second kappa shape index (κ2) is 14.2. The Bertz CT molecular complexity index is 1560. The van der Waals surface area contributed by atoms with Crippen LogP contribution in [0.3, 0.4) is 0 Å². The van der Waals surface area contributed by atoms with Crippen LogP contribution >= 0.6 is 0 Å². The molecule has 1 unspecified atom stereocenters. The molecule has 0 saturated heterocycles. The Morgan fingerprint density at radius 3 is 1.51 bits per heavy atom. The molecule has 3 heteroatoms. The largest absolute Gasteiger partial charge is 0.385 e. The zero-order chi connectivity index (χ0) is 30.2. The van der Waals surface area contributed by atoms with Crippen molar-refractivity contribution in [2.24, 2.45) is 5.73 Å². The van der Waals surface area contributed by atoms with Crippen LogP contribution in [0, 0.1) is 13.8 Å². The number of benzene rings is 5. The van der Waals surface area contributed by atoms with Crippen LogP contribution < -0.4 is 16.0 Å². The second-order valence-corrected chi connectivity index (χ2v) is 11.6. The number of hydrogen-bond acceptors (Lipinski definition) is 3. The fraction of sp³-hybridized carbons (Fsp3) is 0.250. The lowest BCUT2D eigenvalue weighted by Crippen LogP contribution is -2.10. The van der Waals surface area contributed by atoms with E-state index in [1.54, 1.807) is 0 Å². The summed E-state index contributed by atoms with van der Waals surface area (Å²) in [6.45, 7) is 9.74. The zero-order valence-corrected chi connectivity index (χ0v) is 26.1.